The smallest absolute Gasteiger partial charge is 0.338 e. The fourth-order valence-corrected chi connectivity index (χ4v) is 6.35. The fraction of sp³-hybridized carbons (Fsp3) is 0.394. The molecule has 10 heteroatoms. The predicted octanol–water partition coefficient (Wildman–Crippen LogP) is 8.62. The van der Waals surface area contributed by atoms with E-state index in [0.717, 1.165) is 30.4 Å². The maximum absolute atomic E-state index is 12.8. The number of hydrogen-bond donors (Lipinski definition) is 3. The van der Waals surface area contributed by atoms with Crippen LogP contribution >= 0.6 is 39.1 Å². The zero-order valence-electron chi connectivity index (χ0n) is 24.3. The van der Waals surface area contributed by atoms with Crippen LogP contribution in [0.5, 0.6) is 0 Å². The molecule has 7 nitrogen and oxygen atoms in total. The first-order chi connectivity index (χ1) is 20.7. The number of esters is 2. The lowest BCUT2D eigenvalue weighted by Crippen LogP contribution is -2.45. The lowest BCUT2D eigenvalue weighted by atomic mass is 9.79. The number of anilines is 3. The third-order valence-corrected chi connectivity index (χ3v) is 9.24. The van der Waals surface area contributed by atoms with Crippen molar-refractivity contribution >= 4 is 68.1 Å². The van der Waals surface area contributed by atoms with Crippen LogP contribution in [-0.4, -0.2) is 30.7 Å². The molecule has 3 aromatic rings. The van der Waals surface area contributed by atoms with Crippen LogP contribution in [0.3, 0.4) is 0 Å². The standard InChI is InChI=1S/C33H38BrCl2N3O4/c1-2-33(14-6-3-7-15-33)38-21-24-18-23(19-25(34)30(24)37)32(41)43-17-9-16-42-29(40)20-22-10-4-5-13-28(22)39-31-26(35)11-8-12-27(31)36/h4-5,8,10-13,18-19,38-39H,2-3,6-7,9,14-17,20-21,37H2,1H3. The quantitative estimate of drug-likeness (QED) is 0.0938. The summed E-state index contributed by atoms with van der Waals surface area (Å²) in [5.41, 5.74) is 10.4. The largest absolute Gasteiger partial charge is 0.465 e. The molecule has 0 aliphatic heterocycles. The van der Waals surface area contributed by atoms with Gasteiger partial charge in [0.15, 0.2) is 0 Å². The molecule has 3 aromatic carbocycles. The van der Waals surface area contributed by atoms with Gasteiger partial charge in [0.2, 0.25) is 0 Å². The van der Waals surface area contributed by atoms with E-state index < -0.39 is 11.9 Å². The van der Waals surface area contributed by atoms with E-state index in [1.165, 1.54) is 19.3 Å². The number of ether oxygens (including phenoxy) is 2. The molecular formula is C33H38BrCl2N3O4. The van der Waals surface area contributed by atoms with E-state index in [2.05, 4.69) is 33.5 Å². The van der Waals surface area contributed by atoms with Gasteiger partial charge in [0.1, 0.15) is 0 Å². The second-order valence-electron chi connectivity index (χ2n) is 10.8. The normalized spacial score (nSPS) is 14.2. The summed E-state index contributed by atoms with van der Waals surface area (Å²) in [6.45, 7) is 3.04. The van der Waals surface area contributed by atoms with Gasteiger partial charge < -0.3 is 25.8 Å². The fourth-order valence-electron chi connectivity index (χ4n) is 5.35. The van der Waals surface area contributed by atoms with E-state index >= 15 is 0 Å². The van der Waals surface area contributed by atoms with Gasteiger partial charge in [0.05, 0.1) is 46.6 Å². The highest BCUT2D eigenvalue weighted by atomic mass is 79.9. The van der Waals surface area contributed by atoms with Gasteiger partial charge in [-0.2, -0.15) is 0 Å². The number of rotatable bonds is 13. The van der Waals surface area contributed by atoms with E-state index in [0.29, 0.717) is 50.1 Å². The minimum absolute atomic E-state index is 0.0562. The van der Waals surface area contributed by atoms with Crippen LogP contribution in [0.4, 0.5) is 17.1 Å². The first-order valence-corrected chi connectivity index (χ1v) is 16.2. The molecule has 230 valence electrons. The van der Waals surface area contributed by atoms with Crippen molar-refractivity contribution in [3.8, 4) is 0 Å². The van der Waals surface area contributed by atoms with Crippen LogP contribution in [-0.2, 0) is 27.2 Å². The second-order valence-corrected chi connectivity index (χ2v) is 12.5. The molecule has 0 aromatic heterocycles. The Bertz CT molecular complexity index is 1410. The van der Waals surface area contributed by atoms with Gasteiger partial charge in [-0.05, 0) is 76.7 Å². The van der Waals surface area contributed by atoms with Gasteiger partial charge >= 0.3 is 11.9 Å². The summed E-state index contributed by atoms with van der Waals surface area (Å²) < 4.78 is 11.5. The van der Waals surface area contributed by atoms with Crippen LogP contribution < -0.4 is 16.4 Å². The number of para-hydroxylation sites is 2. The second kappa shape index (κ2) is 15.8. The van der Waals surface area contributed by atoms with Crippen molar-refractivity contribution in [3.63, 3.8) is 0 Å². The zero-order valence-corrected chi connectivity index (χ0v) is 27.4. The van der Waals surface area contributed by atoms with E-state index in [-0.39, 0.29) is 25.2 Å². The highest BCUT2D eigenvalue weighted by Crippen LogP contribution is 2.34. The summed E-state index contributed by atoms with van der Waals surface area (Å²) in [6.07, 6.45) is 7.52. The summed E-state index contributed by atoms with van der Waals surface area (Å²) >= 11 is 16.1. The molecule has 0 spiro atoms. The molecule has 1 fully saturated rings. The summed E-state index contributed by atoms with van der Waals surface area (Å²) in [5.74, 6) is -0.845. The van der Waals surface area contributed by atoms with Crippen molar-refractivity contribution in [1.29, 1.82) is 0 Å². The number of nitrogen functional groups attached to an aromatic ring is 1. The van der Waals surface area contributed by atoms with Gasteiger partial charge in [0, 0.05) is 28.7 Å². The molecule has 0 heterocycles. The van der Waals surface area contributed by atoms with Crippen molar-refractivity contribution in [2.45, 2.75) is 70.4 Å². The van der Waals surface area contributed by atoms with Crippen LogP contribution in [0.1, 0.15) is 73.4 Å². The molecule has 0 saturated heterocycles. The molecule has 0 radical (unpaired) electrons. The minimum Gasteiger partial charge on any atom is -0.465 e. The van der Waals surface area contributed by atoms with Crippen LogP contribution in [0.15, 0.2) is 59.1 Å². The average molecular weight is 691 g/mol. The number of benzene rings is 3. The Hall–Kier alpha value is -2.78. The Balaban J connectivity index is 1.24. The van der Waals surface area contributed by atoms with Crippen LogP contribution in [0, 0.1) is 0 Å². The number of carbonyl (C=O) groups is 2. The molecule has 1 aliphatic carbocycles. The summed E-state index contributed by atoms with van der Waals surface area (Å²) in [6, 6.07) is 16.1. The Kier molecular flexibility index (Phi) is 12.2. The summed E-state index contributed by atoms with van der Waals surface area (Å²) in [5, 5.41) is 7.89. The van der Waals surface area contributed by atoms with E-state index in [4.69, 9.17) is 38.4 Å². The zero-order chi connectivity index (χ0) is 30.8. The molecule has 4 N–H and O–H groups in total. The lowest BCUT2D eigenvalue weighted by molar-refractivity contribution is -0.143. The van der Waals surface area contributed by atoms with Gasteiger partial charge in [-0.1, -0.05) is 73.7 Å². The third-order valence-electron chi connectivity index (χ3n) is 7.95. The van der Waals surface area contributed by atoms with Crippen molar-refractivity contribution in [2.24, 2.45) is 0 Å². The lowest BCUT2D eigenvalue weighted by Gasteiger charge is -2.38. The summed E-state index contributed by atoms with van der Waals surface area (Å²) in [4.78, 5) is 25.4. The van der Waals surface area contributed by atoms with E-state index in [1.54, 1.807) is 30.3 Å². The molecule has 1 saturated carbocycles. The molecule has 43 heavy (non-hydrogen) atoms. The third kappa shape index (κ3) is 9.11. The Morgan fingerprint density at radius 1 is 0.953 bits per heavy atom. The van der Waals surface area contributed by atoms with Gasteiger partial charge in [-0.15, -0.1) is 0 Å². The highest BCUT2D eigenvalue weighted by molar-refractivity contribution is 9.10. The maximum atomic E-state index is 12.8. The molecule has 4 rings (SSSR count). The van der Waals surface area contributed by atoms with Gasteiger partial charge in [-0.25, -0.2) is 4.79 Å². The number of nitrogens with two attached hydrogens (primary N) is 1. The molecule has 0 atom stereocenters. The molecule has 1 aliphatic rings. The number of carbonyl (C=O) groups excluding carboxylic acids is 2. The molecular weight excluding hydrogens is 653 g/mol. The SMILES string of the molecule is CCC1(NCc2cc(C(=O)OCCCOC(=O)Cc3ccccc3Nc3c(Cl)cccc3Cl)cc(Br)c2N)CCCCC1. The minimum atomic E-state index is -0.450. The monoisotopic (exact) mass is 689 g/mol. The van der Waals surface area contributed by atoms with Crippen LogP contribution in [0.25, 0.3) is 0 Å². The number of nitrogens with one attached hydrogen (secondary N) is 2. The predicted molar refractivity (Wildman–Crippen MR) is 177 cm³/mol. The summed E-state index contributed by atoms with van der Waals surface area (Å²) in [7, 11) is 0. The van der Waals surface area contributed by atoms with Crippen LogP contribution in [0.2, 0.25) is 10.0 Å². The molecule has 0 unspecified atom stereocenters. The van der Waals surface area contributed by atoms with Crippen molar-refractivity contribution < 1.29 is 19.1 Å². The first kappa shape index (κ1) is 33.1. The van der Waals surface area contributed by atoms with E-state index in [1.807, 2.05) is 24.3 Å². The maximum Gasteiger partial charge on any atom is 0.338 e. The van der Waals surface area contributed by atoms with Crippen molar-refractivity contribution in [3.05, 3.63) is 85.8 Å². The van der Waals surface area contributed by atoms with Crippen molar-refractivity contribution in [2.75, 3.05) is 24.3 Å². The molecule has 0 amide bonds. The highest BCUT2D eigenvalue weighted by Gasteiger charge is 2.29. The first-order valence-electron chi connectivity index (χ1n) is 14.7. The number of hydrogen-bond acceptors (Lipinski definition) is 7. The van der Waals surface area contributed by atoms with Gasteiger partial charge in [0.25, 0.3) is 0 Å². The molecule has 0 bridgehead atoms. The Morgan fingerprint density at radius 2 is 1.65 bits per heavy atom. The van der Waals surface area contributed by atoms with E-state index in [9.17, 15) is 9.59 Å². The Morgan fingerprint density at radius 3 is 2.37 bits per heavy atom. The number of halogens is 3. The Labute approximate surface area is 271 Å². The average Bonchev–Trinajstić information content (AvgIpc) is 3.00. The van der Waals surface area contributed by atoms with Gasteiger partial charge in [-0.3, -0.25) is 4.79 Å². The topological polar surface area (TPSA) is 103 Å². The van der Waals surface area contributed by atoms with Crippen molar-refractivity contribution in [1.82, 2.24) is 5.32 Å².